The lowest BCUT2D eigenvalue weighted by atomic mass is 9.82. The number of hydrogen-bond acceptors (Lipinski definition) is 3. The molecule has 1 aliphatic carbocycles. The largest absolute Gasteiger partial charge is 0.480 e. The normalized spacial score (nSPS) is 23.9. The van der Waals surface area contributed by atoms with Crippen LogP contribution in [0.2, 0.25) is 0 Å². The van der Waals surface area contributed by atoms with Crippen LogP contribution in [0.4, 0.5) is 4.79 Å². The van der Waals surface area contributed by atoms with E-state index in [1.54, 1.807) is 4.90 Å². The molecular weight excluding hydrogens is 268 g/mol. The second-order valence-corrected chi connectivity index (χ2v) is 6.91. The molecule has 0 aromatic carbocycles. The van der Waals surface area contributed by atoms with Crippen LogP contribution in [0.3, 0.4) is 0 Å². The van der Waals surface area contributed by atoms with E-state index in [9.17, 15) is 18.9 Å². The van der Waals surface area contributed by atoms with Gasteiger partial charge in [0.25, 0.3) is 0 Å². The number of aliphatic carboxylic acids is 1. The van der Waals surface area contributed by atoms with Gasteiger partial charge in [-0.1, -0.05) is 19.3 Å². The first-order valence-corrected chi connectivity index (χ1v) is 8.18. The maximum Gasteiger partial charge on any atom is 0.329 e. The first-order valence-electron chi connectivity index (χ1n) is 6.69. The number of carboxylic acids is 1. The Bertz CT molecular complexity index is 383. The van der Waals surface area contributed by atoms with Crippen LogP contribution in [0.5, 0.6) is 0 Å². The highest BCUT2D eigenvalue weighted by Gasteiger charge is 2.42. The van der Waals surface area contributed by atoms with Crippen molar-refractivity contribution in [3.8, 4) is 0 Å². The van der Waals surface area contributed by atoms with E-state index in [4.69, 9.17) is 0 Å². The number of amides is 2. The SMILES string of the molecule is O=C(NC1(C(=O)O)CCCCC1)N1CCS(=O)CC1. The fourth-order valence-electron chi connectivity index (χ4n) is 2.67. The van der Waals surface area contributed by atoms with Gasteiger partial charge in [0.1, 0.15) is 5.54 Å². The zero-order valence-corrected chi connectivity index (χ0v) is 11.7. The number of carbonyl (C=O) groups is 2. The van der Waals surface area contributed by atoms with Gasteiger partial charge in [-0.3, -0.25) is 4.21 Å². The van der Waals surface area contributed by atoms with Crippen LogP contribution in [0.15, 0.2) is 0 Å². The van der Waals surface area contributed by atoms with Crippen LogP contribution < -0.4 is 5.32 Å². The van der Waals surface area contributed by atoms with E-state index in [0.717, 1.165) is 19.3 Å². The van der Waals surface area contributed by atoms with Gasteiger partial charge in [-0.25, -0.2) is 9.59 Å². The van der Waals surface area contributed by atoms with Gasteiger partial charge < -0.3 is 15.3 Å². The van der Waals surface area contributed by atoms with Crippen molar-refractivity contribution in [2.75, 3.05) is 24.6 Å². The first kappa shape index (κ1) is 14.3. The minimum Gasteiger partial charge on any atom is -0.480 e. The Morgan fingerprint density at radius 3 is 2.21 bits per heavy atom. The van der Waals surface area contributed by atoms with Crippen molar-refractivity contribution < 1.29 is 18.9 Å². The van der Waals surface area contributed by atoms with E-state index in [-0.39, 0.29) is 6.03 Å². The third kappa shape index (κ3) is 3.26. The summed E-state index contributed by atoms with van der Waals surface area (Å²) in [7, 11) is -0.841. The lowest BCUT2D eigenvalue weighted by molar-refractivity contribution is -0.146. The van der Waals surface area contributed by atoms with Gasteiger partial charge in [0.05, 0.1) is 0 Å². The molecule has 19 heavy (non-hydrogen) atoms. The molecule has 0 bridgehead atoms. The summed E-state index contributed by atoms with van der Waals surface area (Å²) in [5, 5.41) is 12.1. The lowest BCUT2D eigenvalue weighted by Crippen LogP contribution is -2.60. The van der Waals surface area contributed by atoms with Gasteiger partial charge in [-0.05, 0) is 12.8 Å². The second-order valence-electron chi connectivity index (χ2n) is 5.21. The smallest absolute Gasteiger partial charge is 0.329 e. The molecule has 0 aromatic heterocycles. The Morgan fingerprint density at radius 1 is 1.11 bits per heavy atom. The van der Waals surface area contributed by atoms with Gasteiger partial charge in [0.2, 0.25) is 0 Å². The van der Waals surface area contributed by atoms with E-state index in [2.05, 4.69) is 5.32 Å². The highest BCUT2D eigenvalue weighted by molar-refractivity contribution is 7.85. The van der Waals surface area contributed by atoms with Crippen molar-refractivity contribution in [1.82, 2.24) is 10.2 Å². The Kier molecular flexibility index (Phi) is 4.44. The van der Waals surface area contributed by atoms with Crippen LogP contribution in [-0.2, 0) is 15.6 Å². The average Bonchev–Trinajstić information content (AvgIpc) is 2.40. The molecule has 1 heterocycles. The topological polar surface area (TPSA) is 86.7 Å². The zero-order valence-electron chi connectivity index (χ0n) is 10.9. The van der Waals surface area contributed by atoms with Crippen molar-refractivity contribution in [3.05, 3.63) is 0 Å². The molecule has 108 valence electrons. The number of rotatable bonds is 2. The Labute approximate surface area is 115 Å². The van der Waals surface area contributed by atoms with Crippen molar-refractivity contribution in [1.29, 1.82) is 0 Å². The van der Waals surface area contributed by atoms with Gasteiger partial charge in [0.15, 0.2) is 0 Å². The minimum absolute atomic E-state index is 0.332. The summed E-state index contributed by atoms with van der Waals surface area (Å²) in [4.78, 5) is 25.2. The maximum absolute atomic E-state index is 12.1. The molecule has 0 spiro atoms. The zero-order chi connectivity index (χ0) is 13.9. The molecule has 0 radical (unpaired) electrons. The number of nitrogens with one attached hydrogen (secondary N) is 1. The molecular formula is C12H20N2O4S. The van der Waals surface area contributed by atoms with E-state index in [1.807, 2.05) is 0 Å². The lowest BCUT2D eigenvalue weighted by Gasteiger charge is -2.36. The molecule has 2 fully saturated rings. The van der Waals surface area contributed by atoms with Crippen LogP contribution in [0.25, 0.3) is 0 Å². The molecule has 2 N–H and O–H groups in total. The fraction of sp³-hybridized carbons (Fsp3) is 0.833. The number of carbonyl (C=O) groups excluding carboxylic acids is 1. The van der Waals surface area contributed by atoms with Crippen molar-refractivity contribution >= 4 is 22.8 Å². The van der Waals surface area contributed by atoms with E-state index < -0.39 is 22.3 Å². The predicted molar refractivity (Wildman–Crippen MR) is 71.4 cm³/mol. The number of hydrogen-bond donors (Lipinski definition) is 2. The summed E-state index contributed by atoms with van der Waals surface area (Å²) in [6, 6.07) is -0.332. The summed E-state index contributed by atoms with van der Waals surface area (Å²) in [6.07, 6.45) is 3.67. The van der Waals surface area contributed by atoms with Crippen LogP contribution in [0, 0.1) is 0 Å². The van der Waals surface area contributed by atoms with Crippen LogP contribution in [0.1, 0.15) is 32.1 Å². The molecule has 1 saturated carbocycles. The van der Waals surface area contributed by atoms with Crippen molar-refractivity contribution in [2.24, 2.45) is 0 Å². The summed E-state index contributed by atoms with van der Waals surface area (Å²) >= 11 is 0. The molecule has 0 aromatic rings. The highest BCUT2D eigenvalue weighted by Crippen LogP contribution is 2.28. The van der Waals surface area contributed by atoms with Gasteiger partial charge in [0, 0.05) is 35.4 Å². The third-order valence-electron chi connectivity index (χ3n) is 3.93. The minimum atomic E-state index is -1.11. The molecule has 2 amide bonds. The van der Waals surface area contributed by atoms with Crippen molar-refractivity contribution in [3.63, 3.8) is 0 Å². The number of carboxylic acid groups (broad SMARTS) is 1. The summed E-state index contributed by atoms with van der Waals surface area (Å²) in [5.41, 5.74) is -1.11. The van der Waals surface area contributed by atoms with E-state index in [1.165, 1.54) is 0 Å². The predicted octanol–water partition coefficient (Wildman–Crippen LogP) is 0.548. The molecule has 2 rings (SSSR count). The van der Waals surface area contributed by atoms with Gasteiger partial charge in [-0.2, -0.15) is 0 Å². The number of urea groups is 1. The first-order chi connectivity index (χ1) is 9.03. The Morgan fingerprint density at radius 2 is 1.68 bits per heavy atom. The molecule has 6 nitrogen and oxygen atoms in total. The molecule has 7 heteroatoms. The molecule has 1 aliphatic heterocycles. The summed E-state index contributed by atoms with van der Waals surface area (Å²) < 4.78 is 11.3. The second kappa shape index (κ2) is 5.90. The average molecular weight is 288 g/mol. The molecule has 0 atom stereocenters. The third-order valence-corrected chi connectivity index (χ3v) is 5.20. The molecule has 0 unspecified atom stereocenters. The maximum atomic E-state index is 12.1. The van der Waals surface area contributed by atoms with Crippen molar-refractivity contribution in [2.45, 2.75) is 37.6 Å². The van der Waals surface area contributed by atoms with E-state index >= 15 is 0 Å². The Balaban J connectivity index is 1.99. The number of nitrogens with zero attached hydrogens (tertiary/aromatic N) is 1. The van der Waals surface area contributed by atoms with Crippen LogP contribution >= 0.6 is 0 Å². The summed E-state index contributed by atoms with van der Waals surface area (Å²) in [5.74, 6) is 0.0159. The van der Waals surface area contributed by atoms with Gasteiger partial charge >= 0.3 is 12.0 Å². The molecule has 1 saturated heterocycles. The molecule has 2 aliphatic rings. The summed E-state index contributed by atoms with van der Waals surface area (Å²) in [6.45, 7) is 0.877. The highest BCUT2D eigenvalue weighted by atomic mass is 32.2. The van der Waals surface area contributed by atoms with Gasteiger partial charge in [-0.15, -0.1) is 0 Å². The van der Waals surface area contributed by atoms with E-state index in [0.29, 0.717) is 37.4 Å². The van der Waals surface area contributed by atoms with Crippen LogP contribution in [-0.4, -0.2) is 56.3 Å². The Hall–Kier alpha value is -1.11. The monoisotopic (exact) mass is 288 g/mol. The standard InChI is InChI=1S/C12H20N2O4S/c15-10(16)12(4-2-1-3-5-12)13-11(17)14-6-8-19(18)9-7-14/h1-9H2,(H,13,17)(H,15,16). The quantitative estimate of drug-likeness (QED) is 0.777. The fourth-order valence-corrected chi connectivity index (χ4v) is 3.72.